The van der Waals surface area contributed by atoms with Crippen molar-refractivity contribution in [2.75, 3.05) is 14.2 Å². The highest BCUT2D eigenvalue weighted by molar-refractivity contribution is 5.85. The van der Waals surface area contributed by atoms with E-state index in [1.165, 1.54) is 16.3 Å². The standard InChI is InChI=1S/C19H27NO/c1-19(2,3)18(21-5)17(20-4)13-15-11-8-10-14-9-6-7-12-16(14)15/h6-12,17-18,20H,13H2,1-5H3. The Morgan fingerprint density at radius 2 is 1.71 bits per heavy atom. The summed E-state index contributed by atoms with van der Waals surface area (Å²) in [6.07, 6.45) is 1.13. The Kier molecular flexibility index (Phi) is 5.02. The fourth-order valence-electron chi connectivity index (χ4n) is 3.19. The lowest BCUT2D eigenvalue weighted by Gasteiger charge is -2.36. The van der Waals surface area contributed by atoms with Crippen LogP contribution in [0.1, 0.15) is 26.3 Å². The summed E-state index contributed by atoms with van der Waals surface area (Å²) >= 11 is 0. The lowest BCUT2D eigenvalue weighted by molar-refractivity contribution is -0.00914. The molecule has 1 N–H and O–H groups in total. The second-order valence-electron chi connectivity index (χ2n) is 6.76. The smallest absolute Gasteiger partial charge is 0.0775 e. The monoisotopic (exact) mass is 285 g/mol. The molecular formula is C19H27NO. The molecule has 2 rings (SSSR count). The van der Waals surface area contributed by atoms with Gasteiger partial charge in [0.15, 0.2) is 0 Å². The van der Waals surface area contributed by atoms with Crippen LogP contribution in [0.3, 0.4) is 0 Å². The van der Waals surface area contributed by atoms with Crippen LogP contribution in [0.25, 0.3) is 10.8 Å². The van der Waals surface area contributed by atoms with E-state index in [0.717, 1.165) is 6.42 Å². The normalized spacial score (nSPS) is 15.1. The molecule has 2 atom stereocenters. The van der Waals surface area contributed by atoms with Crippen LogP contribution in [-0.2, 0) is 11.2 Å². The van der Waals surface area contributed by atoms with Gasteiger partial charge in [-0.05, 0) is 35.2 Å². The summed E-state index contributed by atoms with van der Waals surface area (Å²) in [5.74, 6) is 0. The maximum absolute atomic E-state index is 5.79. The molecule has 0 amide bonds. The largest absolute Gasteiger partial charge is 0.379 e. The zero-order valence-corrected chi connectivity index (χ0v) is 13.8. The third kappa shape index (κ3) is 3.63. The summed E-state index contributed by atoms with van der Waals surface area (Å²) in [4.78, 5) is 0. The van der Waals surface area contributed by atoms with Gasteiger partial charge in [-0.1, -0.05) is 63.2 Å². The number of hydrogen-bond donors (Lipinski definition) is 1. The van der Waals surface area contributed by atoms with Gasteiger partial charge in [-0.25, -0.2) is 0 Å². The molecule has 21 heavy (non-hydrogen) atoms. The predicted octanol–water partition coefficient (Wildman–Crippen LogP) is 4.03. The first kappa shape index (κ1) is 16.0. The lowest BCUT2D eigenvalue weighted by Crippen LogP contribution is -2.47. The molecule has 2 aromatic rings. The Morgan fingerprint density at radius 1 is 1.05 bits per heavy atom. The number of benzene rings is 2. The maximum atomic E-state index is 5.79. The first-order chi connectivity index (χ1) is 9.97. The van der Waals surface area contributed by atoms with Gasteiger partial charge in [0.25, 0.3) is 0 Å². The molecule has 0 bridgehead atoms. The quantitative estimate of drug-likeness (QED) is 0.895. The molecule has 2 nitrogen and oxygen atoms in total. The van der Waals surface area contributed by atoms with E-state index in [9.17, 15) is 0 Å². The molecule has 0 saturated carbocycles. The van der Waals surface area contributed by atoms with Crippen LogP contribution in [0.2, 0.25) is 0 Å². The minimum Gasteiger partial charge on any atom is -0.379 e. The molecule has 0 saturated heterocycles. The van der Waals surface area contributed by atoms with Crippen LogP contribution >= 0.6 is 0 Å². The summed E-state index contributed by atoms with van der Waals surface area (Å²) in [6, 6.07) is 15.4. The summed E-state index contributed by atoms with van der Waals surface area (Å²) in [6.45, 7) is 6.69. The molecule has 114 valence electrons. The highest BCUT2D eigenvalue weighted by atomic mass is 16.5. The molecule has 0 radical (unpaired) electrons. The molecule has 0 aliphatic heterocycles. The number of nitrogens with one attached hydrogen (secondary N) is 1. The Hall–Kier alpha value is -1.38. The topological polar surface area (TPSA) is 21.3 Å². The van der Waals surface area contributed by atoms with Gasteiger partial charge < -0.3 is 10.1 Å². The van der Waals surface area contributed by atoms with Crippen LogP contribution < -0.4 is 5.32 Å². The van der Waals surface area contributed by atoms with Crippen LogP contribution in [0.5, 0.6) is 0 Å². The Balaban J connectivity index is 2.33. The average molecular weight is 285 g/mol. The minimum absolute atomic E-state index is 0.104. The van der Waals surface area contributed by atoms with Gasteiger partial charge in [-0.2, -0.15) is 0 Å². The van der Waals surface area contributed by atoms with E-state index in [4.69, 9.17) is 4.74 Å². The zero-order valence-electron chi connectivity index (χ0n) is 13.8. The molecule has 0 aliphatic carbocycles. The van der Waals surface area contributed by atoms with E-state index >= 15 is 0 Å². The molecule has 0 fully saturated rings. The van der Waals surface area contributed by atoms with Gasteiger partial charge in [0, 0.05) is 13.2 Å². The number of ether oxygens (including phenoxy) is 1. The predicted molar refractivity (Wildman–Crippen MR) is 90.8 cm³/mol. The van der Waals surface area contributed by atoms with Crippen LogP contribution in [0, 0.1) is 5.41 Å². The van der Waals surface area contributed by atoms with Crippen molar-refractivity contribution in [3.8, 4) is 0 Å². The molecule has 2 heteroatoms. The highest BCUT2D eigenvalue weighted by Crippen LogP contribution is 2.28. The van der Waals surface area contributed by atoms with Crippen molar-refractivity contribution in [2.45, 2.75) is 39.3 Å². The van der Waals surface area contributed by atoms with E-state index in [1.54, 1.807) is 0 Å². The fourth-order valence-corrected chi connectivity index (χ4v) is 3.19. The summed E-state index contributed by atoms with van der Waals surface area (Å²) in [5.41, 5.74) is 1.48. The van der Waals surface area contributed by atoms with Crippen molar-refractivity contribution >= 4 is 10.8 Å². The molecule has 0 aromatic heterocycles. The van der Waals surface area contributed by atoms with Gasteiger partial charge in [-0.3, -0.25) is 0 Å². The van der Waals surface area contributed by atoms with Crippen molar-refractivity contribution in [2.24, 2.45) is 5.41 Å². The van der Waals surface area contributed by atoms with Crippen molar-refractivity contribution in [3.63, 3.8) is 0 Å². The van der Waals surface area contributed by atoms with Crippen LogP contribution in [0.15, 0.2) is 42.5 Å². The van der Waals surface area contributed by atoms with E-state index in [0.29, 0.717) is 6.04 Å². The third-order valence-corrected chi connectivity index (χ3v) is 4.16. The number of rotatable bonds is 5. The second kappa shape index (κ2) is 6.59. The fraction of sp³-hybridized carbons (Fsp3) is 0.474. The van der Waals surface area contributed by atoms with Gasteiger partial charge in [0.2, 0.25) is 0 Å². The van der Waals surface area contributed by atoms with Crippen molar-refractivity contribution in [1.82, 2.24) is 5.32 Å². The zero-order chi connectivity index (χ0) is 15.5. The van der Waals surface area contributed by atoms with Crippen LogP contribution in [-0.4, -0.2) is 26.3 Å². The number of hydrogen-bond acceptors (Lipinski definition) is 2. The number of methoxy groups -OCH3 is 1. The van der Waals surface area contributed by atoms with Crippen molar-refractivity contribution in [3.05, 3.63) is 48.0 Å². The Morgan fingerprint density at radius 3 is 2.33 bits per heavy atom. The molecule has 0 spiro atoms. The van der Waals surface area contributed by atoms with E-state index < -0.39 is 0 Å². The molecule has 2 aromatic carbocycles. The van der Waals surface area contributed by atoms with Crippen molar-refractivity contribution in [1.29, 1.82) is 0 Å². The second-order valence-corrected chi connectivity index (χ2v) is 6.76. The number of likely N-dealkylation sites (N-methyl/N-ethyl adjacent to an activating group) is 1. The molecular weight excluding hydrogens is 258 g/mol. The third-order valence-electron chi connectivity index (χ3n) is 4.16. The minimum atomic E-state index is 0.104. The molecule has 0 aliphatic rings. The Bertz CT molecular complexity index is 580. The van der Waals surface area contributed by atoms with Gasteiger partial charge in [0.05, 0.1) is 6.10 Å². The van der Waals surface area contributed by atoms with Crippen molar-refractivity contribution < 1.29 is 4.74 Å². The SMILES string of the molecule is CNC(Cc1cccc2ccccc12)C(OC)C(C)(C)C. The lowest BCUT2D eigenvalue weighted by atomic mass is 9.82. The first-order valence-electron chi connectivity index (χ1n) is 7.64. The van der Waals surface area contributed by atoms with E-state index in [2.05, 4.69) is 68.6 Å². The summed E-state index contributed by atoms with van der Waals surface area (Å²) in [5, 5.41) is 6.09. The van der Waals surface area contributed by atoms with Gasteiger partial charge in [-0.15, -0.1) is 0 Å². The van der Waals surface area contributed by atoms with E-state index in [1.807, 2.05) is 14.2 Å². The average Bonchev–Trinajstić information content (AvgIpc) is 2.45. The van der Waals surface area contributed by atoms with Gasteiger partial charge in [0.1, 0.15) is 0 Å². The summed E-state index contributed by atoms with van der Waals surface area (Å²) in [7, 11) is 3.83. The molecule has 2 unspecified atom stereocenters. The van der Waals surface area contributed by atoms with E-state index in [-0.39, 0.29) is 11.5 Å². The molecule has 0 heterocycles. The van der Waals surface area contributed by atoms with Gasteiger partial charge >= 0.3 is 0 Å². The number of fused-ring (bicyclic) bond motifs is 1. The Labute approximate surface area is 128 Å². The van der Waals surface area contributed by atoms with Crippen LogP contribution in [0.4, 0.5) is 0 Å². The first-order valence-corrected chi connectivity index (χ1v) is 7.64. The maximum Gasteiger partial charge on any atom is 0.0775 e. The highest BCUT2D eigenvalue weighted by Gasteiger charge is 2.31. The summed E-state index contributed by atoms with van der Waals surface area (Å²) < 4.78 is 5.79.